The molecule has 0 aliphatic heterocycles. The first-order valence-corrected chi connectivity index (χ1v) is 7.29. The average Bonchev–Trinajstić information content (AvgIpc) is 2.45. The van der Waals surface area contributed by atoms with Gasteiger partial charge in [0.05, 0.1) is 18.7 Å². The first-order chi connectivity index (χ1) is 8.65. The lowest BCUT2D eigenvalue weighted by atomic mass is 10.2. The Labute approximate surface area is 126 Å². The lowest BCUT2D eigenvalue weighted by molar-refractivity contribution is 0.112. The highest BCUT2D eigenvalue weighted by atomic mass is 79.9. The number of methoxy groups -OCH3 is 2. The molecular weight excluding hydrogens is 364 g/mol. The van der Waals surface area contributed by atoms with E-state index in [4.69, 9.17) is 9.47 Å². The van der Waals surface area contributed by atoms with Crippen LogP contribution in [0.15, 0.2) is 15.0 Å². The predicted octanol–water partition coefficient (Wildman–Crippen LogP) is 5.09. The fraction of sp³-hybridized carbons (Fsp3) is 0.462. The van der Waals surface area contributed by atoms with Crippen molar-refractivity contribution in [2.75, 3.05) is 14.2 Å². The van der Waals surface area contributed by atoms with Gasteiger partial charge in [0, 0.05) is 10.0 Å². The Bertz CT molecular complexity index is 366. The third kappa shape index (κ3) is 4.98. The van der Waals surface area contributed by atoms with Crippen LogP contribution in [-0.4, -0.2) is 20.5 Å². The van der Waals surface area contributed by atoms with Crippen LogP contribution in [0.25, 0.3) is 0 Å². The van der Waals surface area contributed by atoms with Gasteiger partial charge in [0.15, 0.2) is 17.8 Å². The molecule has 0 aliphatic rings. The first kappa shape index (κ1) is 19.8. The molecule has 0 N–H and O–H groups in total. The Morgan fingerprint density at radius 2 is 1.50 bits per heavy atom. The number of ether oxygens (including phenoxy) is 2. The second kappa shape index (κ2) is 11.5. The Morgan fingerprint density at radius 1 is 1.00 bits per heavy atom. The third-order valence-electron chi connectivity index (χ3n) is 1.71. The second-order valence-electron chi connectivity index (χ2n) is 2.45. The van der Waals surface area contributed by atoms with Crippen LogP contribution in [0.1, 0.15) is 38.1 Å². The van der Waals surface area contributed by atoms with E-state index in [1.54, 1.807) is 6.07 Å². The van der Waals surface area contributed by atoms with E-state index in [1.807, 2.05) is 27.7 Å². The molecule has 0 spiro atoms. The molecule has 0 heterocycles. The molecule has 1 aromatic rings. The molecule has 0 radical (unpaired) electrons. The van der Waals surface area contributed by atoms with Gasteiger partial charge in [0.2, 0.25) is 0 Å². The molecule has 0 amide bonds. The maximum absolute atomic E-state index is 10.7. The molecule has 0 aromatic heterocycles. The fourth-order valence-electron chi connectivity index (χ4n) is 1.03. The highest BCUT2D eigenvalue weighted by molar-refractivity contribution is 9.13. The molecule has 1 aromatic carbocycles. The number of rotatable bonds is 3. The van der Waals surface area contributed by atoms with Crippen LogP contribution in [0.4, 0.5) is 0 Å². The molecule has 0 fully saturated rings. The summed E-state index contributed by atoms with van der Waals surface area (Å²) in [5.41, 5.74) is 0.509. The number of aldehydes is 1. The number of carbonyl (C=O) groups excluding carboxylic acids is 1. The van der Waals surface area contributed by atoms with Crippen molar-refractivity contribution in [2.45, 2.75) is 27.7 Å². The minimum Gasteiger partial charge on any atom is -0.493 e. The van der Waals surface area contributed by atoms with Crippen molar-refractivity contribution in [1.82, 2.24) is 0 Å². The van der Waals surface area contributed by atoms with E-state index in [-0.39, 0.29) is 0 Å². The van der Waals surface area contributed by atoms with Crippen molar-refractivity contribution in [2.24, 2.45) is 0 Å². The molecule has 1 rings (SSSR count). The summed E-state index contributed by atoms with van der Waals surface area (Å²) < 4.78 is 11.5. The molecule has 0 bridgehead atoms. The molecule has 0 saturated carbocycles. The highest BCUT2D eigenvalue weighted by Gasteiger charge is 2.15. The van der Waals surface area contributed by atoms with Crippen LogP contribution >= 0.6 is 31.9 Å². The molecular formula is C13H20Br2O3. The minimum atomic E-state index is 0.509. The van der Waals surface area contributed by atoms with Gasteiger partial charge in [0.25, 0.3) is 0 Å². The predicted molar refractivity (Wildman–Crippen MR) is 83.0 cm³/mol. The van der Waals surface area contributed by atoms with E-state index < -0.39 is 0 Å². The quantitative estimate of drug-likeness (QED) is 0.681. The summed E-state index contributed by atoms with van der Waals surface area (Å²) in [6.07, 6.45) is 0.747. The largest absolute Gasteiger partial charge is 0.493 e. The molecule has 0 aliphatic carbocycles. The van der Waals surface area contributed by atoms with E-state index >= 15 is 0 Å². The maximum atomic E-state index is 10.7. The van der Waals surface area contributed by atoms with Gasteiger partial charge in [-0.25, -0.2) is 0 Å². The van der Waals surface area contributed by atoms with Crippen molar-refractivity contribution < 1.29 is 14.3 Å². The van der Waals surface area contributed by atoms with E-state index in [2.05, 4.69) is 31.9 Å². The molecule has 18 heavy (non-hydrogen) atoms. The maximum Gasteiger partial charge on any atom is 0.176 e. The summed E-state index contributed by atoms with van der Waals surface area (Å²) in [7, 11) is 3.06. The third-order valence-corrected chi connectivity index (χ3v) is 3.85. The average molecular weight is 384 g/mol. The summed E-state index contributed by atoms with van der Waals surface area (Å²) in [6, 6.07) is 1.61. The number of halogens is 2. The summed E-state index contributed by atoms with van der Waals surface area (Å²) in [6.45, 7) is 8.00. The highest BCUT2D eigenvalue weighted by Crippen LogP contribution is 2.41. The normalized spacial score (nSPS) is 8.22. The van der Waals surface area contributed by atoms with Gasteiger partial charge < -0.3 is 9.47 Å². The van der Waals surface area contributed by atoms with Gasteiger partial charge in [-0.3, -0.25) is 4.79 Å². The van der Waals surface area contributed by atoms with E-state index in [1.165, 1.54) is 14.2 Å². The van der Waals surface area contributed by atoms with Gasteiger partial charge in [-0.2, -0.15) is 0 Å². The van der Waals surface area contributed by atoms with E-state index in [9.17, 15) is 4.79 Å². The van der Waals surface area contributed by atoms with Gasteiger partial charge in [-0.15, -0.1) is 0 Å². The minimum absolute atomic E-state index is 0.509. The molecule has 104 valence electrons. The summed E-state index contributed by atoms with van der Waals surface area (Å²) >= 11 is 6.59. The van der Waals surface area contributed by atoms with E-state index in [0.29, 0.717) is 26.0 Å². The topological polar surface area (TPSA) is 35.5 Å². The van der Waals surface area contributed by atoms with Crippen molar-refractivity contribution in [3.63, 3.8) is 0 Å². The lowest BCUT2D eigenvalue weighted by Gasteiger charge is -2.11. The van der Waals surface area contributed by atoms with Crippen LogP contribution in [0.5, 0.6) is 11.5 Å². The summed E-state index contributed by atoms with van der Waals surface area (Å²) in [5.74, 6) is 1.08. The zero-order chi connectivity index (χ0) is 14.7. The number of hydrogen-bond acceptors (Lipinski definition) is 3. The lowest BCUT2D eigenvalue weighted by Crippen LogP contribution is -1.95. The van der Waals surface area contributed by atoms with Crippen molar-refractivity contribution in [1.29, 1.82) is 0 Å². The van der Waals surface area contributed by atoms with Gasteiger partial charge in [0.1, 0.15) is 0 Å². The number of benzene rings is 1. The second-order valence-corrected chi connectivity index (χ2v) is 4.03. The molecule has 5 heteroatoms. The van der Waals surface area contributed by atoms with Crippen LogP contribution in [-0.2, 0) is 0 Å². The smallest absolute Gasteiger partial charge is 0.176 e. The zero-order valence-electron chi connectivity index (χ0n) is 11.6. The Kier molecular flexibility index (Phi) is 12.7. The molecule has 3 nitrogen and oxygen atoms in total. The van der Waals surface area contributed by atoms with Crippen LogP contribution in [0.3, 0.4) is 0 Å². The Hall–Kier alpha value is -0.550. The molecule has 0 unspecified atom stereocenters. The monoisotopic (exact) mass is 382 g/mol. The van der Waals surface area contributed by atoms with Crippen molar-refractivity contribution in [3.05, 3.63) is 20.6 Å². The number of carbonyl (C=O) groups is 1. The van der Waals surface area contributed by atoms with Crippen LogP contribution in [0, 0.1) is 0 Å². The summed E-state index contributed by atoms with van der Waals surface area (Å²) in [5, 5.41) is 0. The Morgan fingerprint density at radius 3 is 1.83 bits per heavy atom. The number of hydrogen-bond donors (Lipinski definition) is 0. The van der Waals surface area contributed by atoms with E-state index in [0.717, 1.165) is 6.29 Å². The Balaban J connectivity index is 0. The molecule has 0 saturated heterocycles. The zero-order valence-corrected chi connectivity index (χ0v) is 14.8. The van der Waals surface area contributed by atoms with Crippen molar-refractivity contribution >= 4 is 38.1 Å². The van der Waals surface area contributed by atoms with Crippen LogP contribution < -0.4 is 9.47 Å². The van der Waals surface area contributed by atoms with Crippen LogP contribution in [0.2, 0.25) is 0 Å². The SMILES string of the molecule is CC.CC.COc1cc(C=O)c(Br)c(Br)c1OC. The van der Waals surface area contributed by atoms with Gasteiger partial charge >= 0.3 is 0 Å². The van der Waals surface area contributed by atoms with Gasteiger partial charge in [-0.05, 0) is 37.9 Å². The fourth-order valence-corrected chi connectivity index (χ4v) is 2.01. The van der Waals surface area contributed by atoms with Crippen molar-refractivity contribution in [3.8, 4) is 11.5 Å². The standard InChI is InChI=1S/C9H8Br2O3.2C2H6/c1-13-6-3-5(4-12)7(10)8(11)9(6)14-2;2*1-2/h3-4H,1-2H3;2*1-2H3. The summed E-state index contributed by atoms with van der Waals surface area (Å²) in [4.78, 5) is 10.7. The first-order valence-electron chi connectivity index (χ1n) is 5.70. The van der Waals surface area contributed by atoms with Gasteiger partial charge in [-0.1, -0.05) is 27.7 Å². The molecule has 0 atom stereocenters.